The van der Waals surface area contributed by atoms with Crippen LogP contribution < -0.4 is 5.32 Å². The van der Waals surface area contributed by atoms with E-state index in [1.54, 1.807) is 0 Å². The first-order chi connectivity index (χ1) is 6.78. The average Bonchev–Trinajstić information content (AvgIpc) is 2.26. The predicted octanol–water partition coefficient (Wildman–Crippen LogP) is 3.45. The van der Waals surface area contributed by atoms with Crippen LogP contribution in [0, 0.1) is 17.8 Å². The summed E-state index contributed by atoms with van der Waals surface area (Å²) in [5.74, 6) is 2.81. The Bertz CT molecular complexity index is 137. The summed E-state index contributed by atoms with van der Waals surface area (Å²) >= 11 is 0. The van der Waals surface area contributed by atoms with Crippen LogP contribution in [0.15, 0.2) is 0 Å². The molecule has 0 aliphatic carbocycles. The summed E-state index contributed by atoms with van der Waals surface area (Å²) in [6, 6.07) is 0.785. The van der Waals surface area contributed by atoms with E-state index in [1.165, 1.54) is 32.2 Å². The molecule has 84 valence electrons. The van der Waals surface area contributed by atoms with Crippen LogP contribution >= 0.6 is 0 Å². The largest absolute Gasteiger partial charge is 0.313 e. The molecule has 1 rings (SSSR count). The summed E-state index contributed by atoms with van der Waals surface area (Å²) in [7, 11) is 0. The van der Waals surface area contributed by atoms with E-state index in [2.05, 4.69) is 33.0 Å². The van der Waals surface area contributed by atoms with E-state index in [9.17, 15) is 0 Å². The van der Waals surface area contributed by atoms with E-state index in [-0.39, 0.29) is 0 Å². The lowest BCUT2D eigenvalue weighted by atomic mass is 9.70. The first-order valence-electron chi connectivity index (χ1n) is 6.51. The summed E-state index contributed by atoms with van der Waals surface area (Å²) in [5, 5.41) is 3.74. The van der Waals surface area contributed by atoms with E-state index >= 15 is 0 Å². The number of piperidine rings is 1. The Kier molecular flexibility index (Phi) is 4.94. The van der Waals surface area contributed by atoms with Crippen molar-refractivity contribution in [1.29, 1.82) is 0 Å². The van der Waals surface area contributed by atoms with Crippen molar-refractivity contribution in [2.24, 2.45) is 17.8 Å². The third-order valence-corrected chi connectivity index (χ3v) is 4.22. The van der Waals surface area contributed by atoms with E-state index in [1.807, 2.05) is 0 Å². The lowest BCUT2D eigenvalue weighted by Crippen LogP contribution is -2.50. The molecule has 14 heavy (non-hydrogen) atoms. The molecule has 1 aliphatic rings. The maximum atomic E-state index is 3.74. The van der Waals surface area contributed by atoms with Gasteiger partial charge in [0.2, 0.25) is 0 Å². The van der Waals surface area contributed by atoms with Crippen LogP contribution in [-0.4, -0.2) is 12.6 Å². The number of hydrogen-bond donors (Lipinski definition) is 1. The van der Waals surface area contributed by atoms with E-state index in [0.717, 1.165) is 23.8 Å². The molecule has 1 nitrogen and oxygen atoms in total. The van der Waals surface area contributed by atoms with Gasteiger partial charge in [0.05, 0.1) is 0 Å². The lowest BCUT2D eigenvalue weighted by Gasteiger charge is -2.43. The van der Waals surface area contributed by atoms with Gasteiger partial charge in [-0.05, 0) is 30.7 Å². The summed E-state index contributed by atoms with van der Waals surface area (Å²) in [5.41, 5.74) is 0. The maximum Gasteiger partial charge on any atom is 0.00954 e. The molecule has 1 heteroatoms. The fourth-order valence-corrected chi connectivity index (χ4v) is 3.37. The van der Waals surface area contributed by atoms with Gasteiger partial charge in [0.1, 0.15) is 0 Å². The van der Waals surface area contributed by atoms with Crippen LogP contribution in [0.25, 0.3) is 0 Å². The number of hydrogen-bond acceptors (Lipinski definition) is 1. The highest BCUT2D eigenvalue weighted by atomic mass is 14.9. The summed E-state index contributed by atoms with van der Waals surface area (Å²) in [6.07, 6.45) is 5.36. The minimum Gasteiger partial charge on any atom is -0.313 e. The third kappa shape index (κ3) is 2.31. The van der Waals surface area contributed by atoms with Crippen molar-refractivity contribution >= 4 is 0 Å². The zero-order valence-corrected chi connectivity index (χ0v) is 10.3. The molecule has 4 atom stereocenters. The highest BCUT2D eigenvalue weighted by molar-refractivity contribution is 4.89. The van der Waals surface area contributed by atoms with Crippen molar-refractivity contribution in [3.8, 4) is 0 Å². The van der Waals surface area contributed by atoms with Crippen molar-refractivity contribution in [2.75, 3.05) is 6.54 Å². The Morgan fingerprint density at radius 1 is 0.857 bits per heavy atom. The second-order valence-corrected chi connectivity index (χ2v) is 4.74. The van der Waals surface area contributed by atoms with Crippen LogP contribution in [0.2, 0.25) is 0 Å². The number of nitrogens with one attached hydrogen (secondary N) is 1. The van der Waals surface area contributed by atoms with E-state index in [4.69, 9.17) is 0 Å². The summed E-state index contributed by atoms with van der Waals surface area (Å²) in [4.78, 5) is 0. The minimum absolute atomic E-state index is 0.785. The van der Waals surface area contributed by atoms with Crippen molar-refractivity contribution in [3.05, 3.63) is 0 Å². The zero-order chi connectivity index (χ0) is 10.6. The summed E-state index contributed by atoms with van der Waals surface area (Å²) < 4.78 is 0. The standard InChI is InChI=1S/C13H27N/c1-5-10-9-14-13(8-4)12(7-3)11(10)6-2/h10-14H,5-9H2,1-4H3. The second-order valence-electron chi connectivity index (χ2n) is 4.74. The Morgan fingerprint density at radius 2 is 1.50 bits per heavy atom. The van der Waals surface area contributed by atoms with Crippen LogP contribution in [0.4, 0.5) is 0 Å². The summed E-state index contributed by atoms with van der Waals surface area (Å²) in [6.45, 7) is 10.6. The number of rotatable bonds is 4. The molecule has 0 aromatic heterocycles. The van der Waals surface area contributed by atoms with Crippen LogP contribution in [0.1, 0.15) is 53.4 Å². The molecule has 0 amide bonds. The smallest absolute Gasteiger partial charge is 0.00954 e. The fraction of sp³-hybridized carbons (Fsp3) is 1.00. The van der Waals surface area contributed by atoms with Crippen LogP contribution in [0.5, 0.6) is 0 Å². The van der Waals surface area contributed by atoms with Gasteiger partial charge in [0.25, 0.3) is 0 Å². The SMILES string of the molecule is CCC1CNC(CC)C(CC)C1CC. The molecule has 4 unspecified atom stereocenters. The fourth-order valence-electron chi connectivity index (χ4n) is 3.37. The van der Waals surface area contributed by atoms with Gasteiger partial charge in [-0.3, -0.25) is 0 Å². The first-order valence-corrected chi connectivity index (χ1v) is 6.51. The highest BCUT2D eigenvalue weighted by Crippen LogP contribution is 2.35. The van der Waals surface area contributed by atoms with Gasteiger partial charge in [-0.2, -0.15) is 0 Å². The minimum atomic E-state index is 0.785. The van der Waals surface area contributed by atoms with Gasteiger partial charge >= 0.3 is 0 Å². The van der Waals surface area contributed by atoms with Gasteiger partial charge in [0, 0.05) is 6.04 Å². The Labute approximate surface area is 89.7 Å². The molecule has 1 fully saturated rings. The van der Waals surface area contributed by atoms with Gasteiger partial charge < -0.3 is 5.32 Å². The molecule has 0 bridgehead atoms. The molecule has 1 heterocycles. The quantitative estimate of drug-likeness (QED) is 0.728. The molecule has 0 aromatic rings. The lowest BCUT2D eigenvalue weighted by molar-refractivity contribution is 0.107. The van der Waals surface area contributed by atoms with Crippen molar-refractivity contribution in [1.82, 2.24) is 5.32 Å². The van der Waals surface area contributed by atoms with Crippen molar-refractivity contribution in [2.45, 2.75) is 59.4 Å². The molecule has 0 saturated carbocycles. The third-order valence-electron chi connectivity index (χ3n) is 4.22. The van der Waals surface area contributed by atoms with Crippen molar-refractivity contribution < 1.29 is 0 Å². The Morgan fingerprint density at radius 3 is 1.93 bits per heavy atom. The average molecular weight is 197 g/mol. The molecular weight excluding hydrogens is 170 g/mol. The normalized spacial score (nSPS) is 38.6. The predicted molar refractivity (Wildman–Crippen MR) is 63.4 cm³/mol. The van der Waals surface area contributed by atoms with Crippen molar-refractivity contribution in [3.63, 3.8) is 0 Å². The molecular formula is C13H27N. The monoisotopic (exact) mass is 197 g/mol. The maximum absolute atomic E-state index is 3.74. The molecule has 0 aromatic carbocycles. The highest BCUT2D eigenvalue weighted by Gasteiger charge is 2.34. The Balaban J connectivity index is 2.67. The topological polar surface area (TPSA) is 12.0 Å². The first kappa shape index (κ1) is 12.0. The van der Waals surface area contributed by atoms with Gasteiger partial charge in [0.15, 0.2) is 0 Å². The molecule has 1 aliphatic heterocycles. The second kappa shape index (κ2) is 5.75. The van der Waals surface area contributed by atoms with E-state index in [0.29, 0.717) is 0 Å². The zero-order valence-electron chi connectivity index (χ0n) is 10.3. The molecule has 1 saturated heterocycles. The molecule has 1 N–H and O–H groups in total. The molecule has 0 radical (unpaired) electrons. The Hall–Kier alpha value is -0.0400. The van der Waals surface area contributed by atoms with E-state index < -0.39 is 0 Å². The van der Waals surface area contributed by atoms with Gasteiger partial charge in [-0.1, -0.05) is 47.0 Å². The van der Waals surface area contributed by atoms with Crippen LogP contribution in [-0.2, 0) is 0 Å². The molecule has 0 spiro atoms. The van der Waals surface area contributed by atoms with Gasteiger partial charge in [-0.15, -0.1) is 0 Å². The van der Waals surface area contributed by atoms with Crippen LogP contribution in [0.3, 0.4) is 0 Å². The van der Waals surface area contributed by atoms with Gasteiger partial charge in [-0.25, -0.2) is 0 Å².